The first-order chi connectivity index (χ1) is 8.66. The SMILES string of the molecule is Cc1cc(-n2c(N)nc3cccnc32)ccc1F. The summed E-state index contributed by atoms with van der Waals surface area (Å²) in [5.74, 6) is 0.101. The maximum Gasteiger partial charge on any atom is 0.207 e. The second kappa shape index (κ2) is 3.80. The molecule has 0 aliphatic carbocycles. The van der Waals surface area contributed by atoms with Gasteiger partial charge in [-0.3, -0.25) is 4.57 Å². The summed E-state index contributed by atoms with van der Waals surface area (Å²) in [7, 11) is 0. The minimum absolute atomic E-state index is 0.241. The molecule has 0 aliphatic rings. The van der Waals surface area contributed by atoms with Crippen LogP contribution in [0.3, 0.4) is 0 Å². The number of aryl methyl sites for hydroxylation is 1. The average molecular weight is 242 g/mol. The number of rotatable bonds is 1. The number of nitrogens with zero attached hydrogens (tertiary/aromatic N) is 3. The molecule has 0 saturated heterocycles. The Morgan fingerprint density at radius 1 is 1.28 bits per heavy atom. The summed E-state index contributed by atoms with van der Waals surface area (Å²) < 4.78 is 15.0. The number of aromatic nitrogens is 3. The fourth-order valence-electron chi connectivity index (χ4n) is 1.95. The number of halogens is 1. The largest absolute Gasteiger partial charge is 0.369 e. The van der Waals surface area contributed by atoms with Gasteiger partial charge >= 0.3 is 0 Å². The lowest BCUT2D eigenvalue weighted by molar-refractivity contribution is 0.618. The molecule has 2 aromatic heterocycles. The fourth-order valence-corrected chi connectivity index (χ4v) is 1.95. The van der Waals surface area contributed by atoms with Gasteiger partial charge in [0.25, 0.3) is 0 Å². The van der Waals surface area contributed by atoms with Crippen LogP contribution in [-0.4, -0.2) is 14.5 Å². The summed E-state index contributed by atoms with van der Waals surface area (Å²) in [5.41, 5.74) is 8.60. The maximum atomic E-state index is 13.3. The van der Waals surface area contributed by atoms with Crippen LogP contribution >= 0.6 is 0 Å². The number of hydrogen-bond acceptors (Lipinski definition) is 3. The third-order valence-corrected chi connectivity index (χ3v) is 2.84. The predicted octanol–water partition coefficient (Wildman–Crippen LogP) is 2.45. The average Bonchev–Trinajstić information content (AvgIpc) is 2.69. The van der Waals surface area contributed by atoms with Gasteiger partial charge in [-0.25, -0.2) is 14.4 Å². The van der Waals surface area contributed by atoms with Crippen LogP contribution in [0.25, 0.3) is 16.9 Å². The molecule has 0 atom stereocenters. The number of nitrogen functional groups attached to an aromatic ring is 1. The standard InChI is InChI=1S/C13H11FN4/c1-8-7-9(4-5-10(8)14)18-12-11(17-13(18)15)3-2-6-16-12/h2-7H,1H3,(H2,15,17). The molecular weight excluding hydrogens is 231 g/mol. The van der Waals surface area contributed by atoms with Gasteiger partial charge in [-0.15, -0.1) is 0 Å². The van der Waals surface area contributed by atoms with Crippen molar-refractivity contribution in [1.82, 2.24) is 14.5 Å². The zero-order valence-corrected chi connectivity index (χ0v) is 9.76. The zero-order chi connectivity index (χ0) is 12.7. The summed E-state index contributed by atoms with van der Waals surface area (Å²) in [6, 6.07) is 8.44. The van der Waals surface area contributed by atoms with Crippen molar-refractivity contribution in [3.05, 3.63) is 47.9 Å². The molecule has 90 valence electrons. The second-order valence-electron chi connectivity index (χ2n) is 4.09. The molecule has 5 heteroatoms. The molecule has 2 N–H and O–H groups in total. The Bertz CT molecular complexity index is 733. The highest BCUT2D eigenvalue weighted by Crippen LogP contribution is 2.22. The molecule has 0 spiro atoms. The molecule has 0 bridgehead atoms. The van der Waals surface area contributed by atoms with Crippen molar-refractivity contribution in [1.29, 1.82) is 0 Å². The first-order valence-corrected chi connectivity index (χ1v) is 5.52. The van der Waals surface area contributed by atoms with Gasteiger partial charge in [0.2, 0.25) is 5.95 Å². The molecule has 0 amide bonds. The van der Waals surface area contributed by atoms with Crippen LogP contribution in [0.5, 0.6) is 0 Å². The smallest absolute Gasteiger partial charge is 0.207 e. The number of nitrogens with two attached hydrogens (primary N) is 1. The molecule has 0 radical (unpaired) electrons. The van der Waals surface area contributed by atoms with Gasteiger partial charge in [0.1, 0.15) is 11.3 Å². The Kier molecular flexibility index (Phi) is 2.26. The van der Waals surface area contributed by atoms with Gasteiger partial charge in [0.15, 0.2) is 5.65 Å². The predicted molar refractivity (Wildman–Crippen MR) is 68.0 cm³/mol. The van der Waals surface area contributed by atoms with Crippen molar-refractivity contribution in [3.63, 3.8) is 0 Å². The van der Waals surface area contributed by atoms with Gasteiger partial charge < -0.3 is 5.73 Å². The van der Waals surface area contributed by atoms with E-state index < -0.39 is 0 Å². The highest BCUT2D eigenvalue weighted by molar-refractivity contribution is 5.76. The Morgan fingerprint density at radius 3 is 2.89 bits per heavy atom. The van der Waals surface area contributed by atoms with Crippen molar-refractivity contribution >= 4 is 17.1 Å². The summed E-state index contributed by atoms with van der Waals surface area (Å²) >= 11 is 0. The number of imidazole rings is 1. The van der Waals surface area contributed by atoms with Crippen LogP contribution < -0.4 is 5.73 Å². The fraction of sp³-hybridized carbons (Fsp3) is 0.0769. The monoisotopic (exact) mass is 242 g/mol. The van der Waals surface area contributed by atoms with Crippen LogP contribution in [0.15, 0.2) is 36.5 Å². The van der Waals surface area contributed by atoms with E-state index in [1.165, 1.54) is 6.07 Å². The van der Waals surface area contributed by atoms with E-state index in [1.807, 2.05) is 6.07 Å². The molecule has 3 aromatic rings. The van der Waals surface area contributed by atoms with E-state index in [-0.39, 0.29) is 5.82 Å². The number of pyridine rings is 1. The third-order valence-electron chi connectivity index (χ3n) is 2.84. The number of fused-ring (bicyclic) bond motifs is 1. The van der Waals surface area contributed by atoms with Crippen molar-refractivity contribution in [2.24, 2.45) is 0 Å². The minimum Gasteiger partial charge on any atom is -0.369 e. The Balaban J connectivity index is 2.30. The van der Waals surface area contributed by atoms with Crippen molar-refractivity contribution in [3.8, 4) is 5.69 Å². The van der Waals surface area contributed by atoms with Crippen LogP contribution in [0.4, 0.5) is 10.3 Å². The first-order valence-electron chi connectivity index (χ1n) is 5.52. The van der Waals surface area contributed by atoms with Crippen molar-refractivity contribution < 1.29 is 4.39 Å². The van der Waals surface area contributed by atoms with Crippen LogP contribution in [0.1, 0.15) is 5.56 Å². The van der Waals surface area contributed by atoms with Crippen LogP contribution in [-0.2, 0) is 0 Å². The molecule has 0 aliphatic heterocycles. The summed E-state index contributed by atoms with van der Waals surface area (Å²) in [6.07, 6.45) is 1.68. The molecule has 4 nitrogen and oxygen atoms in total. The number of benzene rings is 1. The summed E-state index contributed by atoms with van der Waals surface area (Å²) in [4.78, 5) is 8.48. The van der Waals surface area contributed by atoms with E-state index in [0.29, 0.717) is 17.2 Å². The lowest BCUT2D eigenvalue weighted by Gasteiger charge is -2.07. The topological polar surface area (TPSA) is 56.7 Å². The van der Waals surface area contributed by atoms with E-state index >= 15 is 0 Å². The summed E-state index contributed by atoms with van der Waals surface area (Å²) in [6.45, 7) is 1.71. The lowest BCUT2D eigenvalue weighted by Crippen LogP contribution is -2.02. The Labute approximate surface area is 103 Å². The normalized spacial score (nSPS) is 11.0. The minimum atomic E-state index is -0.241. The van der Waals surface area contributed by atoms with Gasteiger partial charge in [0.05, 0.1) is 5.69 Å². The Hall–Kier alpha value is -2.43. The molecule has 1 aromatic carbocycles. The first kappa shape index (κ1) is 10.7. The molecule has 0 fully saturated rings. The molecular formula is C13H11FN4. The maximum absolute atomic E-state index is 13.3. The molecule has 0 saturated carbocycles. The molecule has 18 heavy (non-hydrogen) atoms. The van der Waals surface area contributed by atoms with Gasteiger partial charge in [0, 0.05) is 6.20 Å². The van der Waals surface area contributed by atoms with E-state index in [2.05, 4.69) is 9.97 Å². The van der Waals surface area contributed by atoms with E-state index in [4.69, 9.17) is 5.73 Å². The van der Waals surface area contributed by atoms with Gasteiger partial charge in [-0.2, -0.15) is 0 Å². The zero-order valence-electron chi connectivity index (χ0n) is 9.76. The molecule has 2 heterocycles. The van der Waals surface area contributed by atoms with Crippen LogP contribution in [0, 0.1) is 12.7 Å². The summed E-state index contributed by atoms with van der Waals surface area (Å²) in [5, 5.41) is 0. The van der Waals surface area contributed by atoms with Gasteiger partial charge in [-0.05, 0) is 42.8 Å². The quantitative estimate of drug-likeness (QED) is 0.713. The highest BCUT2D eigenvalue weighted by Gasteiger charge is 2.11. The van der Waals surface area contributed by atoms with E-state index in [9.17, 15) is 4.39 Å². The lowest BCUT2D eigenvalue weighted by atomic mass is 10.2. The third kappa shape index (κ3) is 1.52. The van der Waals surface area contributed by atoms with Crippen molar-refractivity contribution in [2.45, 2.75) is 6.92 Å². The number of anilines is 1. The van der Waals surface area contributed by atoms with Crippen molar-refractivity contribution in [2.75, 3.05) is 5.73 Å². The number of hydrogen-bond donors (Lipinski definition) is 1. The van der Waals surface area contributed by atoms with E-state index in [1.54, 1.807) is 35.9 Å². The molecule has 0 unspecified atom stereocenters. The van der Waals surface area contributed by atoms with E-state index in [0.717, 1.165) is 11.2 Å². The highest BCUT2D eigenvalue weighted by atomic mass is 19.1. The van der Waals surface area contributed by atoms with Gasteiger partial charge in [-0.1, -0.05) is 0 Å². The second-order valence-corrected chi connectivity index (χ2v) is 4.09. The molecule has 3 rings (SSSR count). The van der Waals surface area contributed by atoms with Crippen LogP contribution in [0.2, 0.25) is 0 Å². The Morgan fingerprint density at radius 2 is 2.11 bits per heavy atom.